The van der Waals surface area contributed by atoms with Crippen molar-refractivity contribution in [3.63, 3.8) is 0 Å². The molecule has 0 aromatic heterocycles. The van der Waals surface area contributed by atoms with Gasteiger partial charge < -0.3 is 10.2 Å². The Morgan fingerprint density at radius 2 is 1.94 bits per heavy atom. The van der Waals surface area contributed by atoms with E-state index in [1.165, 1.54) is 19.3 Å². The van der Waals surface area contributed by atoms with Gasteiger partial charge >= 0.3 is 5.97 Å². The van der Waals surface area contributed by atoms with Crippen LogP contribution in [0.15, 0.2) is 24.3 Å². The van der Waals surface area contributed by atoms with Crippen LogP contribution in [-0.4, -0.2) is 21.8 Å². The smallest absolute Gasteiger partial charge is 0.313 e. The Morgan fingerprint density at radius 3 is 2.56 bits per heavy atom. The van der Waals surface area contributed by atoms with Crippen LogP contribution in [0.2, 0.25) is 0 Å². The van der Waals surface area contributed by atoms with E-state index in [2.05, 4.69) is 0 Å². The van der Waals surface area contributed by atoms with Crippen molar-refractivity contribution in [1.82, 2.24) is 0 Å². The number of carboxylic acids is 1. The minimum absolute atomic E-state index is 0.0138. The lowest BCUT2D eigenvalue weighted by atomic mass is 9.67. The molecule has 3 nitrogen and oxygen atoms in total. The maximum Gasteiger partial charge on any atom is 0.313 e. The highest BCUT2D eigenvalue weighted by Gasteiger charge is 2.46. The molecule has 0 radical (unpaired) electrons. The van der Waals surface area contributed by atoms with E-state index in [1.807, 2.05) is 6.92 Å². The van der Waals surface area contributed by atoms with Crippen molar-refractivity contribution in [1.29, 1.82) is 0 Å². The number of hydrogen-bond acceptors (Lipinski definition) is 2. The molecule has 1 fully saturated rings. The molecule has 0 saturated heterocycles. The molecule has 0 aliphatic heterocycles. The summed E-state index contributed by atoms with van der Waals surface area (Å²) < 4.78 is 0. The van der Waals surface area contributed by atoms with Gasteiger partial charge in [-0.1, -0.05) is 63.3 Å². The number of hydrogen-bond donors (Lipinski definition) is 2. The van der Waals surface area contributed by atoms with Crippen LogP contribution in [0.25, 0.3) is 0 Å². The molecule has 0 heterocycles. The average Bonchev–Trinajstić information content (AvgIpc) is 2.39. The summed E-state index contributed by atoms with van der Waals surface area (Å²) in [5, 5.41) is 20.1. The fraction of sp³-hybridized carbons (Fsp3) is 0.667. The van der Waals surface area contributed by atoms with Crippen LogP contribution in [0.5, 0.6) is 0 Å². The van der Waals surface area contributed by atoms with Gasteiger partial charge in [0.2, 0.25) is 0 Å². The van der Waals surface area contributed by atoms with Crippen LogP contribution >= 0.6 is 0 Å². The quantitative estimate of drug-likeness (QED) is 0.809. The molecule has 100 valence electrons. The second-order valence-corrected chi connectivity index (χ2v) is 5.63. The van der Waals surface area contributed by atoms with Gasteiger partial charge in [-0.05, 0) is 11.8 Å². The van der Waals surface area contributed by atoms with Gasteiger partial charge in [-0.2, -0.15) is 0 Å². The summed E-state index contributed by atoms with van der Waals surface area (Å²) in [6.45, 7) is 2.00. The Hall–Kier alpha value is -1.09. The van der Waals surface area contributed by atoms with E-state index in [0.717, 1.165) is 12.8 Å². The van der Waals surface area contributed by atoms with E-state index < -0.39 is 17.5 Å². The summed E-state index contributed by atoms with van der Waals surface area (Å²) in [7, 11) is 0. The first-order valence-corrected chi connectivity index (χ1v) is 6.87. The minimum Gasteiger partial charge on any atom is -0.481 e. The van der Waals surface area contributed by atoms with E-state index >= 15 is 0 Å². The van der Waals surface area contributed by atoms with Gasteiger partial charge in [-0.25, -0.2) is 0 Å². The fourth-order valence-corrected chi connectivity index (χ4v) is 3.37. The molecule has 3 atom stereocenters. The standard InChI is InChI=1S/C15H22O3/c1-11(12-7-3-2-4-8-12)15(18)10-6-5-9-13(15)14(16)17/h5-6,9-13,18H,2-4,7-8H2,1H3,(H,16,17). The third-order valence-corrected chi connectivity index (χ3v) is 4.63. The van der Waals surface area contributed by atoms with Gasteiger partial charge in [-0.15, -0.1) is 0 Å². The third-order valence-electron chi connectivity index (χ3n) is 4.63. The van der Waals surface area contributed by atoms with Crippen LogP contribution in [-0.2, 0) is 4.79 Å². The van der Waals surface area contributed by atoms with Crippen molar-refractivity contribution >= 4 is 5.97 Å². The first-order chi connectivity index (χ1) is 8.55. The molecule has 2 N–H and O–H groups in total. The number of rotatable bonds is 3. The number of aliphatic carboxylic acids is 1. The predicted molar refractivity (Wildman–Crippen MR) is 70.1 cm³/mol. The Balaban J connectivity index is 2.19. The molecule has 0 aromatic rings. The van der Waals surface area contributed by atoms with Gasteiger partial charge in [-0.3, -0.25) is 4.79 Å². The Labute approximate surface area is 108 Å². The molecule has 18 heavy (non-hydrogen) atoms. The summed E-state index contributed by atoms with van der Waals surface area (Å²) >= 11 is 0. The van der Waals surface area contributed by atoms with Crippen molar-refractivity contribution in [2.24, 2.45) is 17.8 Å². The van der Waals surface area contributed by atoms with E-state index in [-0.39, 0.29) is 5.92 Å². The fourth-order valence-electron chi connectivity index (χ4n) is 3.37. The van der Waals surface area contributed by atoms with E-state index in [9.17, 15) is 15.0 Å². The van der Waals surface area contributed by atoms with Crippen LogP contribution in [0.3, 0.4) is 0 Å². The monoisotopic (exact) mass is 250 g/mol. The lowest BCUT2D eigenvalue weighted by Gasteiger charge is -2.41. The summed E-state index contributed by atoms with van der Waals surface area (Å²) in [6, 6.07) is 0. The number of carbonyl (C=O) groups is 1. The largest absolute Gasteiger partial charge is 0.481 e. The zero-order chi connectivity index (χ0) is 13.2. The van der Waals surface area contributed by atoms with Crippen molar-refractivity contribution < 1.29 is 15.0 Å². The van der Waals surface area contributed by atoms with Gasteiger partial charge in [0.15, 0.2) is 0 Å². The molecular formula is C15H22O3. The molecule has 2 aliphatic carbocycles. The highest BCUT2D eigenvalue weighted by molar-refractivity contribution is 5.75. The number of aliphatic hydroxyl groups is 1. The Morgan fingerprint density at radius 1 is 1.28 bits per heavy atom. The molecule has 0 aromatic carbocycles. The van der Waals surface area contributed by atoms with Gasteiger partial charge in [0.25, 0.3) is 0 Å². The Bertz CT molecular complexity index is 366. The zero-order valence-corrected chi connectivity index (χ0v) is 10.9. The molecule has 2 rings (SSSR count). The average molecular weight is 250 g/mol. The van der Waals surface area contributed by atoms with E-state index in [4.69, 9.17) is 0 Å². The topological polar surface area (TPSA) is 57.5 Å². The van der Waals surface area contributed by atoms with Crippen molar-refractivity contribution in [3.8, 4) is 0 Å². The summed E-state index contributed by atoms with van der Waals surface area (Å²) in [5.41, 5.74) is -1.23. The summed E-state index contributed by atoms with van der Waals surface area (Å²) in [5.74, 6) is -1.35. The Kier molecular flexibility index (Phi) is 3.91. The predicted octanol–water partition coefficient (Wildman–Crippen LogP) is 2.76. The highest BCUT2D eigenvalue weighted by Crippen LogP contribution is 2.41. The second-order valence-electron chi connectivity index (χ2n) is 5.63. The van der Waals surface area contributed by atoms with Gasteiger partial charge in [0, 0.05) is 0 Å². The number of allylic oxidation sites excluding steroid dienone is 2. The minimum atomic E-state index is -1.23. The van der Waals surface area contributed by atoms with Crippen LogP contribution in [0.1, 0.15) is 39.0 Å². The maximum absolute atomic E-state index is 11.3. The first kappa shape index (κ1) is 13.3. The molecule has 3 unspecified atom stereocenters. The van der Waals surface area contributed by atoms with Gasteiger partial charge in [0.1, 0.15) is 11.5 Å². The number of carboxylic acid groups (broad SMARTS) is 1. The second kappa shape index (κ2) is 5.27. The molecule has 1 saturated carbocycles. The zero-order valence-electron chi connectivity index (χ0n) is 10.9. The molecular weight excluding hydrogens is 228 g/mol. The third kappa shape index (κ3) is 2.37. The molecule has 0 spiro atoms. The lowest BCUT2D eigenvalue weighted by molar-refractivity contribution is -0.150. The van der Waals surface area contributed by atoms with Crippen molar-refractivity contribution in [3.05, 3.63) is 24.3 Å². The normalized spacial score (nSPS) is 34.4. The highest BCUT2D eigenvalue weighted by atomic mass is 16.4. The van der Waals surface area contributed by atoms with Crippen molar-refractivity contribution in [2.45, 2.75) is 44.6 Å². The molecule has 0 amide bonds. The van der Waals surface area contributed by atoms with Gasteiger partial charge in [0.05, 0.1) is 0 Å². The van der Waals surface area contributed by atoms with Crippen LogP contribution in [0.4, 0.5) is 0 Å². The first-order valence-electron chi connectivity index (χ1n) is 6.87. The summed E-state index contributed by atoms with van der Waals surface area (Å²) in [4.78, 5) is 11.3. The summed E-state index contributed by atoms with van der Waals surface area (Å²) in [6.07, 6.45) is 12.6. The van der Waals surface area contributed by atoms with Crippen LogP contribution < -0.4 is 0 Å². The van der Waals surface area contributed by atoms with Crippen LogP contribution in [0, 0.1) is 17.8 Å². The molecule has 0 bridgehead atoms. The van der Waals surface area contributed by atoms with E-state index in [1.54, 1.807) is 24.3 Å². The molecule has 2 aliphatic rings. The van der Waals surface area contributed by atoms with E-state index in [0.29, 0.717) is 5.92 Å². The molecule has 3 heteroatoms. The lowest BCUT2D eigenvalue weighted by Crippen LogP contribution is -2.48. The van der Waals surface area contributed by atoms with Crippen molar-refractivity contribution in [2.75, 3.05) is 0 Å². The maximum atomic E-state index is 11.3. The SMILES string of the molecule is CC(C1CCCCC1)C1(O)C=CC=CC1C(=O)O.